The molecular formula is C9H20N2O2. The first-order valence-electron chi connectivity index (χ1n) is 4.12. The van der Waals surface area contributed by atoms with Crippen LogP contribution in [0.15, 0.2) is 12.2 Å². The van der Waals surface area contributed by atoms with Gasteiger partial charge in [0.05, 0.1) is 0 Å². The van der Waals surface area contributed by atoms with E-state index in [0.29, 0.717) is 12.2 Å². The number of carbonyl (C=O) groups is 1. The van der Waals surface area contributed by atoms with Gasteiger partial charge in [-0.05, 0) is 34.0 Å². The average molecular weight is 188 g/mol. The van der Waals surface area contributed by atoms with E-state index in [9.17, 15) is 4.79 Å². The third-order valence-electron chi connectivity index (χ3n) is 1.18. The summed E-state index contributed by atoms with van der Waals surface area (Å²) in [6.07, 6.45) is 0.882. The monoisotopic (exact) mass is 188 g/mol. The highest BCUT2D eigenvalue weighted by atomic mass is 16.3. The van der Waals surface area contributed by atoms with Crippen molar-refractivity contribution in [1.29, 1.82) is 0 Å². The van der Waals surface area contributed by atoms with E-state index in [1.165, 1.54) is 0 Å². The molecule has 0 spiro atoms. The second-order valence-electron chi connectivity index (χ2n) is 3.03. The van der Waals surface area contributed by atoms with Gasteiger partial charge < -0.3 is 15.7 Å². The molecule has 0 rings (SSSR count). The molecule has 0 saturated heterocycles. The summed E-state index contributed by atoms with van der Waals surface area (Å²) in [7, 11) is 3.99. The predicted molar refractivity (Wildman–Crippen MR) is 54.3 cm³/mol. The minimum Gasteiger partial charge on any atom is -0.396 e. The molecule has 78 valence electrons. The molecule has 0 aliphatic rings. The van der Waals surface area contributed by atoms with E-state index in [-0.39, 0.29) is 0 Å². The molecule has 0 unspecified atom stereocenters. The van der Waals surface area contributed by atoms with Crippen LogP contribution in [0.2, 0.25) is 0 Å². The van der Waals surface area contributed by atoms with Gasteiger partial charge in [0.1, 0.15) is 0 Å². The molecule has 0 aromatic carbocycles. The van der Waals surface area contributed by atoms with Crippen molar-refractivity contribution < 1.29 is 9.90 Å². The van der Waals surface area contributed by atoms with Crippen LogP contribution in [0, 0.1) is 0 Å². The summed E-state index contributed by atoms with van der Waals surface area (Å²) in [5.41, 5.74) is 5.09. The van der Waals surface area contributed by atoms with Crippen LogP contribution >= 0.6 is 0 Å². The molecule has 1 amide bonds. The van der Waals surface area contributed by atoms with Crippen LogP contribution in [0.1, 0.15) is 13.3 Å². The zero-order valence-electron chi connectivity index (χ0n) is 8.71. The van der Waals surface area contributed by atoms with Crippen LogP contribution < -0.4 is 5.73 Å². The third-order valence-corrected chi connectivity index (χ3v) is 1.18. The van der Waals surface area contributed by atoms with Gasteiger partial charge in [-0.1, -0.05) is 6.58 Å². The molecule has 4 heteroatoms. The number of hydrogen-bond acceptors (Lipinski definition) is 3. The Morgan fingerprint density at radius 3 is 2.00 bits per heavy atom. The Kier molecular flexibility index (Phi) is 10.4. The fourth-order valence-electron chi connectivity index (χ4n) is 0.387. The second-order valence-corrected chi connectivity index (χ2v) is 3.03. The number of carbonyl (C=O) groups excluding carboxylic acids is 1. The molecule has 3 N–H and O–H groups in total. The average Bonchev–Trinajstić information content (AvgIpc) is 2.01. The first-order valence-corrected chi connectivity index (χ1v) is 4.12. The maximum Gasteiger partial charge on any atom is 0.243 e. The summed E-state index contributed by atoms with van der Waals surface area (Å²) in [5.74, 6) is -0.435. The highest BCUT2D eigenvalue weighted by molar-refractivity contribution is 5.90. The largest absolute Gasteiger partial charge is 0.396 e. The van der Waals surface area contributed by atoms with Crippen molar-refractivity contribution in [2.24, 2.45) is 5.73 Å². The zero-order chi connectivity index (χ0) is 10.9. The number of aliphatic hydroxyl groups excluding tert-OH is 1. The van der Waals surface area contributed by atoms with Crippen molar-refractivity contribution in [3.05, 3.63) is 12.2 Å². The lowest BCUT2D eigenvalue weighted by molar-refractivity contribution is -0.114. The molecule has 0 heterocycles. The van der Waals surface area contributed by atoms with Crippen molar-refractivity contribution >= 4 is 5.91 Å². The lowest BCUT2D eigenvalue weighted by atomic mass is 10.3. The first-order chi connectivity index (χ1) is 5.91. The van der Waals surface area contributed by atoms with Gasteiger partial charge in [-0.15, -0.1) is 0 Å². The predicted octanol–water partition coefficient (Wildman–Crippen LogP) is -0.0218. The molecule has 13 heavy (non-hydrogen) atoms. The summed E-state index contributed by atoms with van der Waals surface area (Å²) >= 11 is 0. The van der Waals surface area contributed by atoms with Crippen molar-refractivity contribution in [1.82, 2.24) is 4.90 Å². The lowest BCUT2D eigenvalue weighted by Crippen LogP contribution is -2.13. The fourth-order valence-corrected chi connectivity index (χ4v) is 0.387. The maximum absolute atomic E-state index is 9.82. The van der Waals surface area contributed by atoms with Gasteiger partial charge in [0, 0.05) is 12.2 Å². The van der Waals surface area contributed by atoms with Gasteiger partial charge in [0.15, 0.2) is 0 Å². The van der Waals surface area contributed by atoms with E-state index in [2.05, 4.69) is 11.5 Å². The SMILES string of the molecule is C=C(C)C(N)=O.CN(C)CCCO. The van der Waals surface area contributed by atoms with Crippen LogP contribution in [-0.2, 0) is 4.79 Å². The van der Waals surface area contributed by atoms with E-state index < -0.39 is 5.91 Å². The molecule has 0 atom stereocenters. The molecule has 0 saturated carbocycles. The molecule has 0 aliphatic heterocycles. The van der Waals surface area contributed by atoms with Crippen LogP contribution in [0.25, 0.3) is 0 Å². The van der Waals surface area contributed by atoms with Crippen LogP contribution in [-0.4, -0.2) is 43.2 Å². The molecule has 0 bridgehead atoms. The number of nitrogens with zero attached hydrogens (tertiary/aromatic N) is 1. The molecule has 0 aromatic rings. The van der Waals surface area contributed by atoms with Gasteiger partial charge >= 0.3 is 0 Å². The van der Waals surface area contributed by atoms with Crippen molar-refractivity contribution in [3.63, 3.8) is 0 Å². The smallest absolute Gasteiger partial charge is 0.243 e. The topological polar surface area (TPSA) is 66.6 Å². The van der Waals surface area contributed by atoms with Gasteiger partial charge in [0.2, 0.25) is 5.91 Å². The van der Waals surface area contributed by atoms with E-state index >= 15 is 0 Å². The van der Waals surface area contributed by atoms with Gasteiger partial charge in [-0.25, -0.2) is 0 Å². The van der Waals surface area contributed by atoms with Gasteiger partial charge in [0.25, 0.3) is 0 Å². The van der Waals surface area contributed by atoms with E-state index in [1.54, 1.807) is 6.92 Å². The normalized spacial score (nSPS) is 9.00. The number of aliphatic hydroxyl groups is 1. The number of rotatable bonds is 4. The number of amides is 1. The Balaban J connectivity index is 0. The molecule has 0 aromatic heterocycles. The van der Waals surface area contributed by atoms with E-state index in [1.807, 2.05) is 14.1 Å². The van der Waals surface area contributed by atoms with Gasteiger partial charge in [-0.2, -0.15) is 0 Å². The van der Waals surface area contributed by atoms with Gasteiger partial charge in [-0.3, -0.25) is 4.79 Å². The standard InChI is InChI=1S/C5H13NO.C4H7NO/c1-6(2)4-3-5-7;1-3(2)4(5)6/h7H,3-5H2,1-2H3;1H2,2H3,(H2,5,6). The Morgan fingerprint density at radius 1 is 1.54 bits per heavy atom. The fraction of sp³-hybridized carbons (Fsp3) is 0.667. The quantitative estimate of drug-likeness (QED) is 0.609. The van der Waals surface area contributed by atoms with Crippen molar-refractivity contribution in [2.75, 3.05) is 27.2 Å². The zero-order valence-corrected chi connectivity index (χ0v) is 8.71. The molecule has 4 nitrogen and oxygen atoms in total. The minimum absolute atomic E-state index is 0.304. The molecule has 0 radical (unpaired) electrons. The summed E-state index contributed by atoms with van der Waals surface area (Å²) in [4.78, 5) is 11.9. The summed E-state index contributed by atoms with van der Waals surface area (Å²) in [6.45, 7) is 6.14. The van der Waals surface area contributed by atoms with Crippen molar-refractivity contribution in [3.8, 4) is 0 Å². The molecular weight excluding hydrogens is 168 g/mol. The highest BCUT2D eigenvalue weighted by Crippen LogP contribution is 1.78. The van der Waals surface area contributed by atoms with E-state index in [4.69, 9.17) is 10.8 Å². The Hall–Kier alpha value is -0.870. The minimum atomic E-state index is -0.435. The maximum atomic E-state index is 9.82. The number of hydrogen-bond donors (Lipinski definition) is 2. The highest BCUT2D eigenvalue weighted by Gasteiger charge is 1.86. The summed E-state index contributed by atoms with van der Waals surface area (Å²) in [5, 5.41) is 8.29. The van der Waals surface area contributed by atoms with E-state index in [0.717, 1.165) is 13.0 Å². The summed E-state index contributed by atoms with van der Waals surface area (Å²) < 4.78 is 0. The third kappa shape index (κ3) is 18.2. The Morgan fingerprint density at radius 2 is 1.92 bits per heavy atom. The Bertz CT molecular complexity index is 144. The molecule has 0 aliphatic carbocycles. The first kappa shape index (κ1) is 14.6. The second kappa shape index (κ2) is 9.22. The van der Waals surface area contributed by atoms with Crippen molar-refractivity contribution in [2.45, 2.75) is 13.3 Å². The van der Waals surface area contributed by atoms with Crippen LogP contribution in [0.4, 0.5) is 0 Å². The number of nitrogens with two attached hydrogens (primary N) is 1. The lowest BCUT2D eigenvalue weighted by Gasteiger charge is -2.05. The Labute approximate surface area is 80.0 Å². The van der Waals surface area contributed by atoms with Crippen LogP contribution in [0.3, 0.4) is 0 Å². The summed E-state index contributed by atoms with van der Waals surface area (Å²) in [6, 6.07) is 0. The molecule has 0 fully saturated rings. The van der Waals surface area contributed by atoms with Crippen LogP contribution in [0.5, 0.6) is 0 Å². The number of primary amides is 1.